The van der Waals surface area contributed by atoms with E-state index in [1.807, 2.05) is 31.2 Å². The Morgan fingerprint density at radius 2 is 2.12 bits per heavy atom. The number of nitrogens with one attached hydrogen (secondary N) is 2. The summed E-state index contributed by atoms with van der Waals surface area (Å²) in [5.74, 6) is 5.79. The number of amides is 2. The molecule has 0 saturated heterocycles. The van der Waals surface area contributed by atoms with Gasteiger partial charge < -0.3 is 16.4 Å². The molecule has 0 spiro atoms. The molecule has 4 heteroatoms. The van der Waals surface area contributed by atoms with Crippen LogP contribution in [0.3, 0.4) is 0 Å². The maximum atomic E-state index is 11.3. The summed E-state index contributed by atoms with van der Waals surface area (Å²) in [5, 5.41) is 5.44. The first kappa shape index (κ1) is 13.1. The van der Waals surface area contributed by atoms with Gasteiger partial charge in [0.15, 0.2) is 0 Å². The van der Waals surface area contributed by atoms with Crippen molar-refractivity contribution in [3.05, 3.63) is 35.4 Å². The van der Waals surface area contributed by atoms with Crippen molar-refractivity contribution in [1.82, 2.24) is 10.6 Å². The third-order valence-corrected chi connectivity index (χ3v) is 2.12. The van der Waals surface area contributed by atoms with Crippen molar-refractivity contribution >= 4 is 6.03 Å². The predicted octanol–water partition coefficient (Wildman–Crippen LogP) is 0.816. The quantitative estimate of drug-likeness (QED) is 0.674. The van der Waals surface area contributed by atoms with E-state index in [1.165, 1.54) is 0 Å². The van der Waals surface area contributed by atoms with Crippen molar-refractivity contribution in [2.75, 3.05) is 13.1 Å². The number of hydrogen-bond donors (Lipinski definition) is 3. The Morgan fingerprint density at radius 3 is 2.82 bits per heavy atom. The lowest BCUT2D eigenvalue weighted by atomic mass is 10.1. The maximum Gasteiger partial charge on any atom is 0.315 e. The van der Waals surface area contributed by atoms with Crippen LogP contribution in [0.4, 0.5) is 4.79 Å². The lowest BCUT2D eigenvalue weighted by Gasteiger charge is -2.07. The molecule has 0 unspecified atom stereocenters. The molecule has 0 heterocycles. The van der Waals surface area contributed by atoms with E-state index in [0.29, 0.717) is 19.6 Å². The Bertz CT molecular complexity index is 432. The van der Waals surface area contributed by atoms with Gasteiger partial charge in [0.25, 0.3) is 0 Å². The Morgan fingerprint density at radius 1 is 1.35 bits per heavy atom. The van der Waals surface area contributed by atoms with Crippen molar-refractivity contribution in [3.8, 4) is 11.8 Å². The van der Waals surface area contributed by atoms with Gasteiger partial charge in [0.1, 0.15) is 0 Å². The highest BCUT2D eigenvalue weighted by Crippen LogP contribution is 2.06. The number of carbonyl (C=O) groups excluding carboxylic acids is 1. The summed E-state index contributed by atoms with van der Waals surface area (Å²) in [6.45, 7) is 3.28. The monoisotopic (exact) mass is 231 g/mol. The van der Waals surface area contributed by atoms with E-state index in [0.717, 1.165) is 11.1 Å². The van der Waals surface area contributed by atoms with Crippen LogP contribution >= 0.6 is 0 Å². The normalized spacial score (nSPS) is 9.06. The first-order chi connectivity index (χ1) is 8.27. The second kappa shape index (κ2) is 7.31. The average molecular weight is 231 g/mol. The smallest absolute Gasteiger partial charge is 0.315 e. The molecule has 0 radical (unpaired) electrons. The minimum atomic E-state index is -0.172. The van der Waals surface area contributed by atoms with Gasteiger partial charge in [-0.2, -0.15) is 0 Å². The van der Waals surface area contributed by atoms with Gasteiger partial charge in [-0.15, -0.1) is 0 Å². The van der Waals surface area contributed by atoms with Crippen LogP contribution in [0.25, 0.3) is 0 Å². The number of urea groups is 1. The van der Waals surface area contributed by atoms with Gasteiger partial charge in [0.05, 0.1) is 6.54 Å². The summed E-state index contributed by atoms with van der Waals surface area (Å²) in [7, 11) is 0. The molecule has 0 atom stereocenters. The van der Waals surface area contributed by atoms with Gasteiger partial charge >= 0.3 is 6.03 Å². The summed E-state index contributed by atoms with van der Waals surface area (Å²) in [4.78, 5) is 11.3. The fourth-order valence-electron chi connectivity index (χ4n) is 1.34. The van der Waals surface area contributed by atoms with Gasteiger partial charge in [-0.05, 0) is 18.6 Å². The lowest BCUT2D eigenvalue weighted by Crippen LogP contribution is -2.34. The Balaban J connectivity index is 2.67. The molecule has 0 bridgehead atoms. The summed E-state index contributed by atoms with van der Waals surface area (Å²) < 4.78 is 0. The summed E-state index contributed by atoms with van der Waals surface area (Å²) >= 11 is 0. The number of carbonyl (C=O) groups is 1. The highest BCUT2D eigenvalue weighted by Gasteiger charge is 2.01. The molecule has 0 saturated carbocycles. The lowest BCUT2D eigenvalue weighted by molar-refractivity contribution is 0.241. The highest BCUT2D eigenvalue weighted by molar-refractivity contribution is 5.73. The Labute approximate surface area is 102 Å². The van der Waals surface area contributed by atoms with Crippen molar-refractivity contribution in [3.63, 3.8) is 0 Å². The highest BCUT2D eigenvalue weighted by atomic mass is 16.2. The van der Waals surface area contributed by atoms with Crippen molar-refractivity contribution in [2.24, 2.45) is 5.73 Å². The molecule has 90 valence electrons. The van der Waals surface area contributed by atoms with Crippen LogP contribution in [0.1, 0.15) is 18.1 Å². The molecule has 17 heavy (non-hydrogen) atoms. The second-order valence-electron chi connectivity index (χ2n) is 3.38. The molecule has 1 aromatic rings. The Kier molecular flexibility index (Phi) is 5.62. The van der Waals surface area contributed by atoms with Crippen LogP contribution in [0, 0.1) is 11.8 Å². The van der Waals surface area contributed by atoms with Gasteiger partial charge in [-0.1, -0.05) is 30.0 Å². The molecule has 4 nitrogen and oxygen atoms in total. The van der Waals surface area contributed by atoms with Gasteiger partial charge in [0, 0.05) is 18.7 Å². The fraction of sp³-hybridized carbons (Fsp3) is 0.308. The largest absolute Gasteiger partial charge is 0.338 e. The number of nitrogens with two attached hydrogens (primary N) is 1. The summed E-state index contributed by atoms with van der Waals surface area (Å²) in [6, 6.07) is 7.51. The zero-order valence-corrected chi connectivity index (χ0v) is 9.92. The van der Waals surface area contributed by atoms with Crippen molar-refractivity contribution < 1.29 is 4.79 Å². The maximum absolute atomic E-state index is 11.3. The van der Waals surface area contributed by atoms with Gasteiger partial charge in [0.2, 0.25) is 0 Å². The number of benzene rings is 1. The van der Waals surface area contributed by atoms with Crippen LogP contribution in [-0.2, 0) is 6.54 Å². The molecule has 1 rings (SSSR count). The SMILES string of the molecule is CCNC(=O)NCc1ccccc1C#CCN. The number of rotatable bonds is 3. The molecule has 0 fully saturated rings. The minimum absolute atomic E-state index is 0.172. The standard InChI is InChI=1S/C13H17N3O/c1-2-15-13(17)16-10-12-7-4-3-6-11(12)8-5-9-14/h3-4,6-7H,2,9-10,14H2,1H3,(H2,15,16,17). The zero-order chi connectivity index (χ0) is 12.5. The summed E-state index contributed by atoms with van der Waals surface area (Å²) in [6.07, 6.45) is 0. The van der Waals surface area contributed by atoms with Crippen LogP contribution < -0.4 is 16.4 Å². The minimum Gasteiger partial charge on any atom is -0.338 e. The summed E-state index contributed by atoms with van der Waals surface area (Å²) in [5.41, 5.74) is 7.22. The molecular weight excluding hydrogens is 214 g/mol. The van der Waals surface area contributed by atoms with E-state index in [-0.39, 0.29) is 6.03 Å². The molecule has 1 aromatic carbocycles. The Hall–Kier alpha value is -1.99. The van der Waals surface area contributed by atoms with E-state index in [9.17, 15) is 4.79 Å². The first-order valence-corrected chi connectivity index (χ1v) is 5.56. The molecule has 0 aromatic heterocycles. The van der Waals surface area contributed by atoms with Gasteiger partial charge in [-0.25, -0.2) is 4.79 Å². The van der Waals surface area contributed by atoms with Crippen molar-refractivity contribution in [2.45, 2.75) is 13.5 Å². The zero-order valence-electron chi connectivity index (χ0n) is 9.92. The van der Waals surface area contributed by atoms with E-state index in [4.69, 9.17) is 5.73 Å². The van der Waals surface area contributed by atoms with E-state index >= 15 is 0 Å². The third kappa shape index (κ3) is 4.58. The first-order valence-electron chi connectivity index (χ1n) is 5.56. The van der Waals surface area contributed by atoms with E-state index < -0.39 is 0 Å². The molecule has 0 aliphatic heterocycles. The van der Waals surface area contributed by atoms with Gasteiger partial charge in [-0.3, -0.25) is 0 Å². The molecule has 0 aliphatic carbocycles. The van der Waals surface area contributed by atoms with Crippen LogP contribution in [0.2, 0.25) is 0 Å². The third-order valence-electron chi connectivity index (χ3n) is 2.12. The van der Waals surface area contributed by atoms with Crippen LogP contribution in [0.5, 0.6) is 0 Å². The van der Waals surface area contributed by atoms with Crippen LogP contribution in [0.15, 0.2) is 24.3 Å². The second-order valence-corrected chi connectivity index (χ2v) is 3.38. The fourth-order valence-corrected chi connectivity index (χ4v) is 1.34. The van der Waals surface area contributed by atoms with Crippen LogP contribution in [-0.4, -0.2) is 19.1 Å². The topological polar surface area (TPSA) is 67.2 Å². The molecular formula is C13H17N3O. The molecule has 2 amide bonds. The molecule has 0 aliphatic rings. The number of hydrogen-bond acceptors (Lipinski definition) is 2. The van der Waals surface area contributed by atoms with E-state index in [2.05, 4.69) is 22.5 Å². The van der Waals surface area contributed by atoms with Crippen molar-refractivity contribution in [1.29, 1.82) is 0 Å². The molecule has 4 N–H and O–H groups in total. The average Bonchev–Trinajstić information content (AvgIpc) is 2.35. The van der Waals surface area contributed by atoms with E-state index in [1.54, 1.807) is 0 Å². The predicted molar refractivity (Wildman–Crippen MR) is 68.3 cm³/mol.